The Morgan fingerprint density at radius 3 is 2.45 bits per heavy atom. The lowest BCUT2D eigenvalue weighted by Gasteiger charge is -2.24. The molecule has 29 heavy (non-hydrogen) atoms. The molecule has 4 nitrogen and oxygen atoms in total. The van der Waals surface area contributed by atoms with Crippen LogP contribution in [0.15, 0.2) is 48.5 Å². The van der Waals surface area contributed by atoms with Crippen molar-refractivity contribution in [3.8, 4) is 0 Å². The Kier molecular flexibility index (Phi) is 4.59. The van der Waals surface area contributed by atoms with Crippen LogP contribution in [0.4, 0.5) is 23.2 Å². The summed E-state index contributed by atoms with van der Waals surface area (Å²) >= 11 is 0. The molecule has 2 amide bonds. The van der Waals surface area contributed by atoms with Gasteiger partial charge in [-0.25, -0.2) is 4.39 Å². The number of anilines is 1. The summed E-state index contributed by atoms with van der Waals surface area (Å²) in [6.07, 6.45) is -3.69. The maximum Gasteiger partial charge on any atom is 0.416 e. The minimum Gasteiger partial charge on any atom is -0.338 e. The standard InChI is InChI=1S/C21H18F4N2O2/c22-16-4-6-17(7-5-16)27-13-20(11-18(27)28)8-9-26(12-20)19(29)14-2-1-3-15(10-14)21(23,24)25/h1-7,10H,8-9,11-13H2. The monoisotopic (exact) mass is 406 g/mol. The topological polar surface area (TPSA) is 40.6 Å². The average Bonchev–Trinajstić information content (AvgIpc) is 3.24. The molecule has 2 aliphatic heterocycles. The number of nitrogens with zero attached hydrogens (tertiary/aromatic N) is 2. The first-order valence-electron chi connectivity index (χ1n) is 9.19. The lowest BCUT2D eigenvalue weighted by Crippen LogP contribution is -2.34. The number of benzene rings is 2. The number of amides is 2. The predicted molar refractivity (Wildman–Crippen MR) is 97.8 cm³/mol. The van der Waals surface area contributed by atoms with Crippen molar-refractivity contribution in [1.82, 2.24) is 4.90 Å². The molecule has 0 saturated carbocycles. The highest BCUT2D eigenvalue weighted by atomic mass is 19.4. The molecule has 2 aromatic rings. The molecule has 0 radical (unpaired) electrons. The second-order valence-corrected chi connectivity index (χ2v) is 7.69. The molecule has 0 aromatic heterocycles. The average molecular weight is 406 g/mol. The zero-order valence-electron chi connectivity index (χ0n) is 15.4. The third-order valence-corrected chi connectivity index (χ3v) is 5.62. The van der Waals surface area contributed by atoms with Gasteiger partial charge in [0.2, 0.25) is 5.91 Å². The maximum absolute atomic E-state index is 13.2. The molecule has 152 valence electrons. The smallest absolute Gasteiger partial charge is 0.338 e. The molecule has 2 aliphatic rings. The quantitative estimate of drug-likeness (QED) is 0.705. The maximum atomic E-state index is 13.2. The zero-order chi connectivity index (χ0) is 20.8. The van der Waals surface area contributed by atoms with Crippen LogP contribution in [0.1, 0.15) is 28.8 Å². The number of carbonyl (C=O) groups is 2. The Labute approximate surface area is 164 Å². The second-order valence-electron chi connectivity index (χ2n) is 7.69. The summed E-state index contributed by atoms with van der Waals surface area (Å²) in [5.41, 5.74) is -0.730. The van der Waals surface area contributed by atoms with Gasteiger partial charge < -0.3 is 9.80 Å². The van der Waals surface area contributed by atoms with Gasteiger partial charge in [-0.15, -0.1) is 0 Å². The van der Waals surface area contributed by atoms with Crippen molar-refractivity contribution in [2.45, 2.75) is 19.0 Å². The molecule has 0 N–H and O–H groups in total. The van der Waals surface area contributed by atoms with Crippen molar-refractivity contribution in [3.05, 3.63) is 65.5 Å². The molecule has 1 unspecified atom stereocenters. The molecule has 2 saturated heterocycles. The summed E-state index contributed by atoms with van der Waals surface area (Å²) in [6.45, 7) is 1.06. The first-order valence-corrected chi connectivity index (χ1v) is 9.19. The van der Waals surface area contributed by atoms with Gasteiger partial charge in [-0.05, 0) is 48.9 Å². The van der Waals surface area contributed by atoms with Crippen molar-refractivity contribution in [2.24, 2.45) is 5.41 Å². The summed E-state index contributed by atoms with van der Waals surface area (Å²) in [5.74, 6) is -0.973. The molecule has 0 bridgehead atoms. The van der Waals surface area contributed by atoms with E-state index in [2.05, 4.69) is 0 Å². The number of carbonyl (C=O) groups excluding carboxylic acids is 2. The van der Waals surface area contributed by atoms with E-state index in [-0.39, 0.29) is 17.9 Å². The fourth-order valence-electron chi connectivity index (χ4n) is 4.14. The van der Waals surface area contributed by atoms with Crippen molar-refractivity contribution in [2.75, 3.05) is 24.5 Å². The Bertz CT molecular complexity index is 958. The third-order valence-electron chi connectivity index (χ3n) is 5.62. The van der Waals surface area contributed by atoms with Crippen LogP contribution in [0.2, 0.25) is 0 Å². The first kappa shape index (κ1) is 19.4. The first-order chi connectivity index (χ1) is 13.7. The van der Waals surface area contributed by atoms with Crippen molar-refractivity contribution in [1.29, 1.82) is 0 Å². The van der Waals surface area contributed by atoms with E-state index in [0.29, 0.717) is 31.7 Å². The van der Waals surface area contributed by atoms with Crippen molar-refractivity contribution >= 4 is 17.5 Å². The van der Waals surface area contributed by atoms with Crippen LogP contribution in [0, 0.1) is 11.2 Å². The van der Waals surface area contributed by atoms with Gasteiger partial charge in [0.05, 0.1) is 5.56 Å². The Morgan fingerprint density at radius 2 is 1.76 bits per heavy atom. The van der Waals surface area contributed by atoms with Crippen LogP contribution < -0.4 is 4.90 Å². The van der Waals surface area contributed by atoms with E-state index in [1.807, 2.05) is 0 Å². The van der Waals surface area contributed by atoms with Crippen LogP contribution in [-0.2, 0) is 11.0 Å². The fraction of sp³-hybridized carbons (Fsp3) is 0.333. The number of hydrogen-bond acceptors (Lipinski definition) is 2. The molecule has 0 aliphatic carbocycles. The van der Waals surface area contributed by atoms with Crippen LogP contribution in [0.25, 0.3) is 0 Å². The van der Waals surface area contributed by atoms with Gasteiger partial charge in [-0.1, -0.05) is 6.07 Å². The van der Waals surface area contributed by atoms with E-state index in [4.69, 9.17) is 0 Å². The second kappa shape index (κ2) is 6.86. The highest BCUT2D eigenvalue weighted by Gasteiger charge is 2.49. The van der Waals surface area contributed by atoms with Gasteiger partial charge >= 0.3 is 6.18 Å². The summed E-state index contributed by atoms with van der Waals surface area (Å²) in [4.78, 5) is 28.4. The summed E-state index contributed by atoms with van der Waals surface area (Å²) in [7, 11) is 0. The van der Waals surface area contributed by atoms with Gasteiger partial charge in [-0.2, -0.15) is 13.2 Å². The van der Waals surface area contributed by atoms with Crippen LogP contribution >= 0.6 is 0 Å². The molecule has 2 aromatic carbocycles. The van der Waals surface area contributed by atoms with E-state index >= 15 is 0 Å². The lowest BCUT2D eigenvalue weighted by molar-refractivity contribution is -0.137. The lowest BCUT2D eigenvalue weighted by atomic mass is 9.86. The largest absolute Gasteiger partial charge is 0.416 e. The number of alkyl halides is 3. The van der Waals surface area contributed by atoms with Gasteiger partial charge in [0.15, 0.2) is 0 Å². The predicted octanol–water partition coefficient (Wildman–Crippen LogP) is 4.11. The van der Waals surface area contributed by atoms with Crippen LogP contribution in [0.5, 0.6) is 0 Å². The Morgan fingerprint density at radius 1 is 1.03 bits per heavy atom. The van der Waals surface area contributed by atoms with Crippen molar-refractivity contribution in [3.63, 3.8) is 0 Å². The number of rotatable bonds is 2. The molecule has 2 heterocycles. The highest BCUT2D eigenvalue weighted by molar-refractivity contribution is 5.97. The molecule has 8 heteroatoms. The normalized spacial score (nSPS) is 22.0. The summed E-state index contributed by atoms with van der Waals surface area (Å²) in [5, 5.41) is 0. The zero-order valence-corrected chi connectivity index (χ0v) is 15.4. The number of hydrogen-bond donors (Lipinski definition) is 0. The van der Waals surface area contributed by atoms with E-state index < -0.39 is 28.9 Å². The number of halogens is 4. The number of likely N-dealkylation sites (tertiary alicyclic amines) is 1. The fourth-order valence-corrected chi connectivity index (χ4v) is 4.14. The van der Waals surface area contributed by atoms with Gasteiger partial charge in [-0.3, -0.25) is 9.59 Å². The molecular weight excluding hydrogens is 388 g/mol. The summed E-state index contributed by atoms with van der Waals surface area (Å²) < 4.78 is 51.9. The van der Waals surface area contributed by atoms with Crippen LogP contribution in [0.3, 0.4) is 0 Å². The van der Waals surface area contributed by atoms with E-state index in [9.17, 15) is 27.2 Å². The minimum atomic E-state index is -4.52. The molecule has 2 fully saturated rings. The third kappa shape index (κ3) is 3.71. The minimum absolute atomic E-state index is 0.0170. The highest BCUT2D eigenvalue weighted by Crippen LogP contribution is 2.42. The van der Waals surface area contributed by atoms with E-state index in [0.717, 1.165) is 12.1 Å². The van der Waals surface area contributed by atoms with E-state index in [1.54, 1.807) is 4.90 Å². The Balaban J connectivity index is 1.50. The van der Waals surface area contributed by atoms with E-state index in [1.165, 1.54) is 41.3 Å². The van der Waals surface area contributed by atoms with Crippen LogP contribution in [-0.4, -0.2) is 36.3 Å². The Hall–Kier alpha value is -2.90. The van der Waals surface area contributed by atoms with Gasteiger partial charge in [0.1, 0.15) is 5.82 Å². The molecule has 1 spiro atoms. The summed E-state index contributed by atoms with van der Waals surface area (Å²) in [6, 6.07) is 10.0. The molecule has 1 atom stereocenters. The van der Waals surface area contributed by atoms with Gasteiger partial charge in [0.25, 0.3) is 5.91 Å². The van der Waals surface area contributed by atoms with Gasteiger partial charge in [0, 0.05) is 42.7 Å². The molecule has 4 rings (SSSR count). The SMILES string of the molecule is O=C(c1cccc(C(F)(F)F)c1)N1CCC2(CC(=O)N(c3ccc(F)cc3)C2)C1. The van der Waals surface area contributed by atoms with Crippen molar-refractivity contribution < 1.29 is 27.2 Å². The molecular formula is C21H18F4N2O2.